The van der Waals surface area contributed by atoms with Crippen molar-refractivity contribution in [3.05, 3.63) is 47.0 Å². The van der Waals surface area contributed by atoms with E-state index in [1.807, 2.05) is 32.0 Å². The summed E-state index contributed by atoms with van der Waals surface area (Å²) >= 11 is 1.32. The van der Waals surface area contributed by atoms with Crippen molar-refractivity contribution in [2.24, 2.45) is 5.41 Å². The smallest absolute Gasteiger partial charge is 0.257 e. The van der Waals surface area contributed by atoms with Gasteiger partial charge in [-0.25, -0.2) is 4.98 Å². The largest absolute Gasteiger partial charge is 0.351 e. The third-order valence-electron chi connectivity index (χ3n) is 3.60. The van der Waals surface area contributed by atoms with E-state index in [1.165, 1.54) is 11.3 Å². The molecular weight excluding hydrogens is 346 g/mol. The maximum absolute atomic E-state index is 12.3. The molecule has 5 nitrogen and oxygen atoms in total. The number of hydrogen-bond donors (Lipinski definition) is 2. The van der Waals surface area contributed by atoms with E-state index in [1.54, 1.807) is 17.5 Å². The van der Waals surface area contributed by atoms with E-state index in [9.17, 15) is 9.59 Å². The van der Waals surface area contributed by atoms with Crippen molar-refractivity contribution in [2.45, 2.75) is 53.0 Å². The maximum Gasteiger partial charge on any atom is 0.257 e. The predicted octanol–water partition coefficient (Wildman–Crippen LogP) is 4.27. The molecule has 6 heteroatoms. The number of anilines is 1. The first-order valence-electron chi connectivity index (χ1n) is 8.66. The van der Waals surface area contributed by atoms with E-state index < -0.39 is 0 Å². The Labute approximate surface area is 159 Å². The Morgan fingerprint density at radius 2 is 1.73 bits per heavy atom. The summed E-state index contributed by atoms with van der Waals surface area (Å²) in [5.74, 6) is -0.271. The van der Waals surface area contributed by atoms with Crippen LogP contribution < -0.4 is 10.6 Å². The molecule has 1 aromatic carbocycles. The molecule has 0 aliphatic heterocycles. The number of hydrogen-bond acceptors (Lipinski definition) is 4. The fourth-order valence-electron chi connectivity index (χ4n) is 3.16. The molecule has 2 amide bonds. The van der Waals surface area contributed by atoms with Crippen LogP contribution in [-0.4, -0.2) is 22.3 Å². The molecule has 26 heavy (non-hydrogen) atoms. The molecule has 1 aromatic heterocycles. The summed E-state index contributed by atoms with van der Waals surface area (Å²) in [7, 11) is 0. The van der Waals surface area contributed by atoms with Gasteiger partial charge in [0.15, 0.2) is 5.13 Å². The first-order chi connectivity index (χ1) is 12.0. The predicted molar refractivity (Wildman–Crippen MR) is 107 cm³/mol. The van der Waals surface area contributed by atoms with Crippen molar-refractivity contribution < 1.29 is 9.59 Å². The number of carbonyl (C=O) groups is 2. The number of carbonyl (C=O) groups excluding carboxylic acids is 2. The summed E-state index contributed by atoms with van der Waals surface area (Å²) < 4.78 is 0. The molecular formula is C20H27N3O2S. The first kappa shape index (κ1) is 20.1. The molecule has 2 N–H and O–H groups in total. The number of nitrogens with one attached hydrogen (secondary N) is 2. The van der Waals surface area contributed by atoms with Gasteiger partial charge in [-0.2, -0.15) is 0 Å². The summed E-state index contributed by atoms with van der Waals surface area (Å²) in [5, 5.41) is 8.14. The van der Waals surface area contributed by atoms with Gasteiger partial charge in [-0.05, 0) is 37.8 Å². The van der Waals surface area contributed by atoms with Gasteiger partial charge in [-0.3, -0.25) is 14.9 Å². The SMILES string of the molecule is CC(C)(C)CC(C)(C)NC(=O)Cc1csc(NC(=O)c2ccccc2)n1. The molecule has 2 rings (SSSR count). The van der Waals surface area contributed by atoms with Crippen LogP contribution in [0.3, 0.4) is 0 Å². The van der Waals surface area contributed by atoms with Crippen LogP contribution in [0.15, 0.2) is 35.7 Å². The lowest BCUT2D eigenvalue weighted by Crippen LogP contribution is -2.46. The number of rotatable bonds is 6. The first-order valence-corrected chi connectivity index (χ1v) is 9.54. The second-order valence-electron chi connectivity index (χ2n) is 8.31. The molecule has 140 valence electrons. The molecule has 0 fully saturated rings. The highest BCUT2D eigenvalue weighted by Gasteiger charge is 2.27. The molecule has 0 radical (unpaired) electrons. The maximum atomic E-state index is 12.3. The van der Waals surface area contributed by atoms with Gasteiger partial charge in [0.05, 0.1) is 12.1 Å². The Hall–Kier alpha value is -2.21. The molecule has 0 bridgehead atoms. The highest BCUT2D eigenvalue weighted by Crippen LogP contribution is 2.27. The van der Waals surface area contributed by atoms with E-state index >= 15 is 0 Å². The zero-order chi connectivity index (χ0) is 19.4. The lowest BCUT2D eigenvalue weighted by Gasteiger charge is -2.33. The Morgan fingerprint density at radius 1 is 1.08 bits per heavy atom. The number of aromatic nitrogens is 1. The Bertz CT molecular complexity index is 761. The van der Waals surface area contributed by atoms with Crippen molar-refractivity contribution in [2.75, 3.05) is 5.32 Å². The van der Waals surface area contributed by atoms with Crippen LogP contribution in [0.25, 0.3) is 0 Å². The molecule has 2 aromatic rings. The minimum Gasteiger partial charge on any atom is -0.351 e. The highest BCUT2D eigenvalue weighted by molar-refractivity contribution is 7.14. The molecule has 1 heterocycles. The minimum atomic E-state index is -0.282. The van der Waals surface area contributed by atoms with E-state index in [4.69, 9.17) is 0 Å². The van der Waals surface area contributed by atoms with Crippen molar-refractivity contribution in [1.82, 2.24) is 10.3 Å². The molecule has 0 aliphatic rings. The Morgan fingerprint density at radius 3 is 2.35 bits per heavy atom. The second kappa shape index (κ2) is 7.99. The quantitative estimate of drug-likeness (QED) is 0.794. The van der Waals surface area contributed by atoms with Crippen LogP contribution in [0, 0.1) is 5.41 Å². The molecule has 0 unspecified atom stereocenters. The van der Waals surface area contributed by atoms with Crippen LogP contribution in [0.2, 0.25) is 0 Å². The Balaban J connectivity index is 1.91. The van der Waals surface area contributed by atoms with Crippen LogP contribution in [0.5, 0.6) is 0 Å². The molecule has 0 atom stereocenters. The lowest BCUT2D eigenvalue weighted by atomic mass is 9.82. The summed E-state index contributed by atoms with van der Waals surface area (Å²) in [4.78, 5) is 28.8. The van der Waals surface area contributed by atoms with Crippen LogP contribution in [-0.2, 0) is 11.2 Å². The van der Waals surface area contributed by atoms with Gasteiger partial charge in [0, 0.05) is 16.5 Å². The highest BCUT2D eigenvalue weighted by atomic mass is 32.1. The zero-order valence-electron chi connectivity index (χ0n) is 16.1. The molecule has 0 saturated heterocycles. The molecule has 0 aliphatic carbocycles. The van der Waals surface area contributed by atoms with Gasteiger partial charge in [0.2, 0.25) is 5.91 Å². The van der Waals surface area contributed by atoms with Crippen LogP contribution >= 0.6 is 11.3 Å². The number of amides is 2. The number of nitrogens with zero attached hydrogens (tertiary/aromatic N) is 1. The van der Waals surface area contributed by atoms with Gasteiger partial charge >= 0.3 is 0 Å². The third kappa shape index (κ3) is 6.59. The van der Waals surface area contributed by atoms with Crippen LogP contribution in [0.1, 0.15) is 57.1 Å². The minimum absolute atomic E-state index is 0.0644. The van der Waals surface area contributed by atoms with E-state index in [2.05, 4.69) is 36.4 Å². The van der Waals surface area contributed by atoms with E-state index in [-0.39, 0.29) is 29.2 Å². The number of thiazole rings is 1. The summed E-state index contributed by atoms with van der Waals surface area (Å²) in [6.07, 6.45) is 1.08. The van der Waals surface area contributed by atoms with Gasteiger partial charge in [-0.1, -0.05) is 39.0 Å². The normalized spacial score (nSPS) is 11.9. The zero-order valence-corrected chi connectivity index (χ0v) is 16.9. The summed E-state index contributed by atoms with van der Waals surface area (Å²) in [5.41, 5.74) is 1.08. The fourth-order valence-corrected chi connectivity index (χ4v) is 3.87. The van der Waals surface area contributed by atoms with E-state index in [0.29, 0.717) is 16.4 Å². The monoisotopic (exact) mass is 373 g/mol. The Kier molecular flexibility index (Phi) is 6.18. The van der Waals surface area contributed by atoms with Crippen molar-refractivity contribution in [3.8, 4) is 0 Å². The summed E-state index contributed by atoms with van der Waals surface area (Å²) in [6, 6.07) is 8.97. The van der Waals surface area contributed by atoms with Crippen LogP contribution in [0.4, 0.5) is 5.13 Å². The topological polar surface area (TPSA) is 71.1 Å². The van der Waals surface area contributed by atoms with E-state index in [0.717, 1.165) is 6.42 Å². The fraction of sp³-hybridized carbons (Fsp3) is 0.450. The molecule has 0 spiro atoms. The number of benzene rings is 1. The van der Waals surface area contributed by atoms with Gasteiger partial charge in [-0.15, -0.1) is 11.3 Å². The lowest BCUT2D eigenvalue weighted by molar-refractivity contribution is -0.122. The third-order valence-corrected chi connectivity index (χ3v) is 4.41. The van der Waals surface area contributed by atoms with Crippen molar-refractivity contribution in [1.29, 1.82) is 0 Å². The molecule has 0 saturated carbocycles. The van der Waals surface area contributed by atoms with Gasteiger partial charge < -0.3 is 5.32 Å². The summed E-state index contributed by atoms with van der Waals surface area (Å²) in [6.45, 7) is 10.5. The van der Waals surface area contributed by atoms with Gasteiger partial charge in [0.25, 0.3) is 5.91 Å². The van der Waals surface area contributed by atoms with Crippen molar-refractivity contribution >= 4 is 28.3 Å². The average Bonchev–Trinajstić information content (AvgIpc) is 2.91. The van der Waals surface area contributed by atoms with Gasteiger partial charge in [0.1, 0.15) is 0 Å². The standard InChI is InChI=1S/C20H27N3O2S/c1-19(2,3)13-20(4,5)23-16(24)11-15-12-26-18(21-15)22-17(25)14-9-7-6-8-10-14/h6-10,12H,11,13H2,1-5H3,(H,23,24)(H,21,22,25). The second-order valence-corrected chi connectivity index (χ2v) is 9.17. The average molecular weight is 374 g/mol. The van der Waals surface area contributed by atoms with Crippen molar-refractivity contribution in [3.63, 3.8) is 0 Å².